The van der Waals surface area contributed by atoms with Crippen molar-refractivity contribution < 1.29 is 9.31 Å². The van der Waals surface area contributed by atoms with Gasteiger partial charge in [0.1, 0.15) is 0 Å². The first-order chi connectivity index (χ1) is 11.2. The molecule has 0 unspecified atom stereocenters. The quantitative estimate of drug-likeness (QED) is 0.788. The first-order valence-electron chi connectivity index (χ1n) is 8.94. The molecule has 1 aromatic rings. The number of pyridine rings is 1. The van der Waals surface area contributed by atoms with Crippen LogP contribution >= 0.6 is 0 Å². The summed E-state index contributed by atoms with van der Waals surface area (Å²) in [7, 11) is 1.86. The smallest absolute Gasteiger partial charge is 0.399 e. The SMILES string of the molecule is C[C@@H](c1cc(B2OC(C)(C)C(C)(C)O2)ccn1)N1CCN(C)CC1. The minimum Gasteiger partial charge on any atom is -0.399 e. The molecule has 1 aromatic heterocycles. The molecule has 2 aliphatic heterocycles. The highest BCUT2D eigenvalue weighted by molar-refractivity contribution is 6.62. The zero-order valence-corrected chi connectivity index (χ0v) is 15.9. The molecule has 5 nitrogen and oxygen atoms in total. The van der Waals surface area contributed by atoms with E-state index in [-0.39, 0.29) is 18.3 Å². The van der Waals surface area contributed by atoms with Gasteiger partial charge in [-0.2, -0.15) is 0 Å². The van der Waals surface area contributed by atoms with Gasteiger partial charge < -0.3 is 14.2 Å². The summed E-state index contributed by atoms with van der Waals surface area (Å²) in [6.45, 7) is 15.0. The lowest BCUT2D eigenvalue weighted by molar-refractivity contribution is 0.00578. The van der Waals surface area contributed by atoms with Crippen LogP contribution in [0.3, 0.4) is 0 Å². The van der Waals surface area contributed by atoms with Gasteiger partial charge in [-0.1, -0.05) is 0 Å². The van der Waals surface area contributed by atoms with Crippen LogP contribution in [-0.4, -0.2) is 66.3 Å². The Morgan fingerprint density at radius 3 is 2.25 bits per heavy atom. The van der Waals surface area contributed by atoms with Gasteiger partial charge in [0.05, 0.1) is 16.9 Å². The minimum absolute atomic E-state index is 0.307. The van der Waals surface area contributed by atoms with Crippen LogP contribution in [0.25, 0.3) is 0 Å². The van der Waals surface area contributed by atoms with E-state index in [4.69, 9.17) is 9.31 Å². The van der Waals surface area contributed by atoms with E-state index in [2.05, 4.69) is 62.5 Å². The molecule has 0 aromatic carbocycles. The Balaban J connectivity index is 1.75. The lowest BCUT2D eigenvalue weighted by Crippen LogP contribution is -2.45. The van der Waals surface area contributed by atoms with Gasteiger partial charge >= 0.3 is 7.12 Å². The lowest BCUT2D eigenvalue weighted by atomic mass is 9.79. The minimum atomic E-state index is -0.323. The standard InChI is InChI=1S/C18H30BN3O2/c1-14(22-11-9-21(6)10-12-22)16-13-15(7-8-20-16)19-23-17(2,3)18(4,5)24-19/h7-8,13-14H,9-12H2,1-6H3/t14-/m0/s1. The molecule has 2 fully saturated rings. The van der Waals surface area contributed by atoms with E-state index in [1.165, 1.54) is 0 Å². The van der Waals surface area contributed by atoms with Crippen LogP contribution in [0.1, 0.15) is 46.4 Å². The predicted octanol–water partition coefficient (Wildman–Crippen LogP) is 1.69. The summed E-state index contributed by atoms with van der Waals surface area (Å²) in [6.07, 6.45) is 1.88. The van der Waals surface area contributed by atoms with Crippen LogP contribution in [0, 0.1) is 0 Å². The number of hydrogen-bond acceptors (Lipinski definition) is 5. The molecular formula is C18H30BN3O2. The van der Waals surface area contributed by atoms with Crippen LogP contribution < -0.4 is 5.46 Å². The highest BCUT2D eigenvalue weighted by Crippen LogP contribution is 2.36. The fourth-order valence-electron chi connectivity index (χ4n) is 3.22. The molecule has 0 spiro atoms. The predicted molar refractivity (Wildman–Crippen MR) is 97.4 cm³/mol. The lowest BCUT2D eigenvalue weighted by Gasteiger charge is -2.36. The van der Waals surface area contributed by atoms with Crippen LogP contribution in [0.5, 0.6) is 0 Å². The van der Waals surface area contributed by atoms with Gasteiger partial charge in [0, 0.05) is 38.4 Å². The zero-order valence-electron chi connectivity index (χ0n) is 15.9. The van der Waals surface area contributed by atoms with Gasteiger partial charge in [0.2, 0.25) is 0 Å². The summed E-state index contributed by atoms with van der Waals surface area (Å²) in [5, 5.41) is 0. The van der Waals surface area contributed by atoms with Crippen molar-refractivity contribution in [1.29, 1.82) is 0 Å². The Morgan fingerprint density at radius 1 is 1.08 bits per heavy atom. The molecule has 2 aliphatic rings. The molecule has 3 rings (SSSR count). The van der Waals surface area contributed by atoms with Crippen molar-refractivity contribution in [1.82, 2.24) is 14.8 Å². The maximum absolute atomic E-state index is 6.17. The normalized spacial score (nSPS) is 25.8. The third-order valence-corrected chi connectivity index (χ3v) is 5.84. The van der Waals surface area contributed by atoms with E-state index in [0.29, 0.717) is 6.04 Å². The second-order valence-corrected chi connectivity index (χ2v) is 8.12. The molecule has 24 heavy (non-hydrogen) atoms. The van der Waals surface area contributed by atoms with Gasteiger partial charge in [-0.15, -0.1) is 0 Å². The Morgan fingerprint density at radius 2 is 1.67 bits per heavy atom. The Hall–Kier alpha value is -0.945. The van der Waals surface area contributed by atoms with Crippen molar-refractivity contribution in [2.75, 3.05) is 33.2 Å². The van der Waals surface area contributed by atoms with Crippen molar-refractivity contribution in [2.45, 2.75) is 51.9 Å². The molecular weight excluding hydrogens is 301 g/mol. The zero-order chi connectivity index (χ0) is 17.5. The van der Waals surface area contributed by atoms with Gasteiger partial charge in [-0.05, 0) is 59.3 Å². The van der Waals surface area contributed by atoms with E-state index in [1.54, 1.807) is 0 Å². The summed E-state index contributed by atoms with van der Waals surface area (Å²) in [5.74, 6) is 0. The molecule has 0 aliphatic carbocycles. The summed E-state index contributed by atoms with van der Waals surface area (Å²) in [5.41, 5.74) is 1.51. The third-order valence-electron chi connectivity index (χ3n) is 5.84. The number of likely N-dealkylation sites (N-methyl/N-ethyl adjacent to an activating group) is 1. The Labute approximate surface area is 146 Å². The summed E-state index contributed by atoms with van der Waals surface area (Å²) >= 11 is 0. The highest BCUT2D eigenvalue weighted by atomic mass is 16.7. The number of aromatic nitrogens is 1. The van der Waals surface area contributed by atoms with Gasteiger partial charge in [0.15, 0.2) is 0 Å². The van der Waals surface area contributed by atoms with Crippen LogP contribution in [0.4, 0.5) is 0 Å². The Kier molecular flexibility index (Phi) is 4.77. The molecule has 2 saturated heterocycles. The van der Waals surface area contributed by atoms with Gasteiger partial charge in [-0.3, -0.25) is 9.88 Å². The second-order valence-electron chi connectivity index (χ2n) is 8.12. The molecule has 0 saturated carbocycles. The third kappa shape index (κ3) is 3.38. The number of piperazine rings is 1. The summed E-state index contributed by atoms with van der Waals surface area (Å²) in [6, 6.07) is 4.45. The molecule has 6 heteroatoms. The van der Waals surface area contributed by atoms with E-state index < -0.39 is 0 Å². The largest absolute Gasteiger partial charge is 0.494 e. The van der Waals surface area contributed by atoms with Crippen LogP contribution in [-0.2, 0) is 9.31 Å². The summed E-state index contributed by atoms with van der Waals surface area (Å²) in [4.78, 5) is 9.48. The van der Waals surface area contributed by atoms with Crippen molar-refractivity contribution in [2.24, 2.45) is 0 Å². The average molecular weight is 331 g/mol. The summed E-state index contributed by atoms with van der Waals surface area (Å²) < 4.78 is 12.3. The molecule has 1 atom stereocenters. The number of rotatable bonds is 3. The first kappa shape index (κ1) is 17.9. The maximum Gasteiger partial charge on any atom is 0.494 e. The number of nitrogens with zero attached hydrogens (tertiary/aromatic N) is 3. The number of hydrogen-bond donors (Lipinski definition) is 0. The molecule has 3 heterocycles. The van der Waals surface area contributed by atoms with E-state index in [0.717, 1.165) is 37.3 Å². The topological polar surface area (TPSA) is 37.8 Å². The first-order valence-corrected chi connectivity index (χ1v) is 8.94. The molecule has 0 radical (unpaired) electrons. The molecule has 132 valence electrons. The second kappa shape index (κ2) is 6.41. The fourth-order valence-corrected chi connectivity index (χ4v) is 3.22. The van der Waals surface area contributed by atoms with Crippen molar-refractivity contribution >= 4 is 12.6 Å². The van der Waals surface area contributed by atoms with Crippen LogP contribution in [0.15, 0.2) is 18.3 Å². The van der Waals surface area contributed by atoms with E-state index in [9.17, 15) is 0 Å². The van der Waals surface area contributed by atoms with Gasteiger partial charge in [0.25, 0.3) is 0 Å². The van der Waals surface area contributed by atoms with Crippen LogP contribution in [0.2, 0.25) is 0 Å². The molecule has 0 N–H and O–H groups in total. The van der Waals surface area contributed by atoms with Crippen molar-refractivity contribution in [3.05, 3.63) is 24.0 Å². The van der Waals surface area contributed by atoms with Gasteiger partial charge in [-0.25, -0.2) is 0 Å². The highest BCUT2D eigenvalue weighted by Gasteiger charge is 2.51. The van der Waals surface area contributed by atoms with E-state index in [1.807, 2.05) is 12.3 Å². The fraction of sp³-hybridized carbons (Fsp3) is 0.722. The van der Waals surface area contributed by atoms with E-state index >= 15 is 0 Å². The molecule has 0 amide bonds. The molecule has 0 bridgehead atoms. The van der Waals surface area contributed by atoms with Crippen molar-refractivity contribution in [3.8, 4) is 0 Å². The maximum atomic E-state index is 6.17. The van der Waals surface area contributed by atoms with Crippen molar-refractivity contribution in [3.63, 3.8) is 0 Å². The average Bonchev–Trinajstić information content (AvgIpc) is 2.76. The monoisotopic (exact) mass is 331 g/mol. The Bertz CT molecular complexity index is 569.